The molecule has 3 heterocycles. The highest BCUT2D eigenvalue weighted by molar-refractivity contribution is 6.09. The van der Waals surface area contributed by atoms with E-state index in [2.05, 4.69) is 9.97 Å². The normalized spacial score (nSPS) is 11.1. The number of benzene rings is 2. The van der Waals surface area contributed by atoms with Gasteiger partial charge in [0.15, 0.2) is 11.5 Å². The van der Waals surface area contributed by atoms with Crippen LogP contribution in [0.1, 0.15) is 17.3 Å². The first-order valence-corrected chi connectivity index (χ1v) is 11.3. The maximum atomic E-state index is 12.9. The maximum Gasteiger partial charge on any atom is 0.345 e. The summed E-state index contributed by atoms with van der Waals surface area (Å²) in [5, 5.41) is 11.0. The number of hydrogen-bond donors (Lipinski definition) is 3. The molecule has 0 aliphatic heterocycles. The van der Waals surface area contributed by atoms with Crippen molar-refractivity contribution in [3.05, 3.63) is 80.9 Å². The summed E-state index contributed by atoms with van der Waals surface area (Å²) in [5.74, 6) is -0.784. The smallest absolute Gasteiger partial charge is 0.345 e. The zero-order valence-corrected chi connectivity index (χ0v) is 19.8. The summed E-state index contributed by atoms with van der Waals surface area (Å²) >= 11 is 0. The fraction of sp³-hybridized carbons (Fsp3) is 0.111. The van der Waals surface area contributed by atoms with E-state index in [0.717, 1.165) is 0 Å². The Morgan fingerprint density at radius 3 is 2.65 bits per heavy atom. The molecule has 3 aromatic heterocycles. The van der Waals surface area contributed by atoms with Gasteiger partial charge in [-0.1, -0.05) is 24.3 Å². The van der Waals surface area contributed by atoms with Gasteiger partial charge in [-0.15, -0.1) is 0 Å². The number of phenols is 1. The van der Waals surface area contributed by atoms with E-state index in [0.29, 0.717) is 22.1 Å². The predicted octanol–water partition coefficient (Wildman–Crippen LogP) is 3.84. The van der Waals surface area contributed by atoms with Gasteiger partial charge in [0, 0.05) is 10.8 Å². The summed E-state index contributed by atoms with van der Waals surface area (Å²) in [6.45, 7) is 1.66. The molecule has 0 aliphatic carbocycles. The van der Waals surface area contributed by atoms with Crippen molar-refractivity contribution in [3.8, 4) is 33.9 Å². The van der Waals surface area contributed by atoms with Crippen molar-refractivity contribution in [2.75, 3.05) is 19.5 Å². The molecule has 4 N–H and O–H groups in total. The van der Waals surface area contributed by atoms with Gasteiger partial charge in [0.1, 0.15) is 16.8 Å². The zero-order valence-electron chi connectivity index (χ0n) is 19.8. The van der Waals surface area contributed by atoms with Crippen molar-refractivity contribution < 1.29 is 23.8 Å². The molecule has 0 unspecified atom stereocenters. The van der Waals surface area contributed by atoms with Crippen molar-refractivity contribution in [2.24, 2.45) is 0 Å². The quantitative estimate of drug-likeness (QED) is 0.241. The molecule has 0 fully saturated rings. The second kappa shape index (κ2) is 9.15. The zero-order chi connectivity index (χ0) is 26.3. The van der Waals surface area contributed by atoms with E-state index in [4.69, 9.17) is 19.6 Å². The molecule has 0 aliphatic rings. The van der Waals surface area contributed by atoms with Crippen LogP contribution < -0.4 is 21.7 Å². The van der Waals surface area contributed by atoms with Gasteiger partial charge >= 0.3 is 11.6 Å². The maximum absolute atomic E-state index is 12.9. The van der Waals surface area contributed by atoms with Crippen LogP contribution in [-0.2, 0) is 4.74 Å². The Morgan fingerprint density at radius 2 is 1.89 bits per heavy atom. The average molecular weight is 499 g/mol. The first-order chi connectivity index (χ1) is 17.8. The number of rotatable bonds is 5. The van der Waals surface area contributed by atoms with E-state index < -0.39 is 17.2 Å². The van der Waals surface area contributed by atoms with Crippen LogP contribution in [0.4, 0.5) is 5.69 Å². The Bertz CT molecular complexity index is 1820. The van der Waals surface area contributed by atoms with E-state index in [1.54, 1.807) is 49.4 Å². The van der Waals surface area contributed by atoms with Gasteiger partial charge in [0.05, 0.1) is 30.7 Å². The lowest BCUT2D eigenvalue weighted by atomic mass is 9.97. The van der Waals surface area contributed by atoms with Gasteiger partial charge in [-0.3, -0.25) is 4.79 Å². The summed E-state index contributed by atoms with van der Waals surface area (Å²) in [5.41, 5.74) is 6.21. The number of hydrogen-bond acceptors (Lipinski definition) is 9. The van der Waals surface area contributed by atoms with E-state index in [-0.39, 0.29) is 51.6 Å². The number of carbonyl (C=O) groups is 1. The van der Waals surface area contributed by atoms with E-state index in [1.165, 1.54) is 13.2 Å². The van der Waals surface area contributed by atoms with Gasteiger partial charge < -0.3 is 29.7 Å². The van der Waals surface area contributed by atoms with Gasteiger partial charge in [0.2, 0.25) is 0 Å². The number of fused-ring (bicyclic) bond motifs is 2. The minimum atomic E-state index is -0.878. The number of esters is 1. The van der Waals surface area contributed by atoms with Crippen LogP contribution in [0.15, 0.2) is 68.6 Å². The van der Waals surface area contributed by atoms with Crippen LogP contribution >= 0.6 is 0 Å². The molecule has 0 spiro atoms. The van der Waals surface area contributed by atoms with Crippen molar-refractivity contribution in [2.45, 2.75) is 6.92 Å². The molecule has 0 saturated heterocycles. The SMILES string of the molecule is CCOC(=O)c1c(N)c2c(-c3ccc(O)c(OC)c3)cc(-c3cc4ccccc4oc3=O)nc2[nH]c1=O. The molecule has 10 heteroatoms. The first kappa shape index (κ1) is 23.6. The molecule has 10 nitrogen and oxygen atoms in total. The first-order valence-electron chi connectivity index (χ1n) is 11.3. The Balaban J connectivity index is 1.87. The summed E-state index contributed by atoms with van der Waals surface area (Å²) in [4.78, 5) is 45.4. The largest absolute Gasteiger partial charge is 0.504 e. The number of ether oxygens (including phenoxy) is 2. The van der Waals surface area contributed by atoms with Gasteiger partial charge in [0.25, 0.3) is 5.56 Å². The molecule has 0 amide bonds. The third kappa shape index (κ3) is 4.04. The van der Waals surface area contributed by atoms with Crippen molar-refractivity contribution in [1.82, 2.24) is 9.97 Å². The minimum Gasteiger partial charge on any atom is -0.504 e. The molecular formula is C27H21N3O7. The van der Waals surface area contributed by atoms with Crippen LogP contribution in [0.25, 0.3) is 44.4 Å². The number of H-pyrrole nitrogens is 1. The van der Waals surface area contributed by atoms with Gasteiger partial charge in [-0.05, 0) is 48.4 Å². The number of anilines is 1. The highest BCUT2D eigenvalue weighted by Gasteiger charge is 2.23. The number of nitrogen functional groups attached to an aromatic ring is 1. The summed E-state index contributed by atoms with van der Waals surface area (Å²) in [6, 6.07) is 14.9. The molecule has 186 valence electrons. The van der Waals surface area contributed by atoms with Crippen LogP contribution in [0, 0.1) is 0 Å². The summed E-state index contributed by atoms with van der Waals surface area (Å²) in [7, 11) is 1.40. The molecule has 0 saturated carbocycles. The highest BCUT2D eigenvalue weighted by atomic mass is 16.5. The minimum absolute atomic E-state index is 0.0441. The number of nitrogens with zero attached hydrogens (tertiary/aromatic N) is 1. The number of para-hydroxylation sites is 1. The summed E-state index contributed by atoms with van der Waals surface area (Å²) in [6.07, 6.45) is 0. The van der Waals surface area contributed by atoms with Crippen LogP contribution in [0.2, 0.25) is 0 Å². The number of carbonyl (C=O) groups excluding carboxylic acids is 1. The van der Waals surface area contributed by atoms with E-state index in [1.807, 2.05) is 6.07 Å². The Kier molecular flexibility index (Phi) is 5.84. The Morgan fingerprint density at radius 1 is 1.11 bits per heavy atom. The molecule has 0 atom stereocenters. The molecule has 0 radical (unpaired) electrons. The molecule has 2 aromatic carbocycles. The number of nitrogens with one attached hydrogen (secondary N) is 1. The number of pyridine rings is 2. The fourth-order valence-electron chi connectivity index (χ4n) is 4.18. The van der Waals surface area contributed by atoms with Crippen molar-refractivity contribution >= 4 is 33.7 Å². The van der Waals surface area contributed by atoms with E-state index in [9.17, 15) is 19.5 Å². The fourth-order valence-corrected chi connectivity index (χ4v) is 4.18. The van der Waals surface area contributed by atoms with Crippen molar-refractivity contribution in [1.29, 1.82) is 0 Å². The molecular weight excluding hydrogens is 478 g/mol. The molecule has 0 bridgehead atoms. The van der Waals surface area contributed by atoms with Crippen LogP contribution in [-0.4, -0.2) is 34.8 Å². The molecule has 5 aromatic rings. The second-order valence-electron chi connectivity index (χ2n) is 8.11. The van der Waals surface area contributed by atoms with Gasteiger partial charge in [-0.25, -0.2) is 14.6 Å². The number of nitrogens with two attached hydrogens (primary N) is 1. The van der Waals surface area contributed by atoms with Crippen molar-refractivity contribution in [3.63, 3.8) is 0 Å². The average Bonchev–Trinajstić information content (AvgIpc) is 2.88. The van der Waals surface area contributed by atoms with Gasteiger partial charge in [-0.2, -0.15) is 0 Å². The van der Waals surface area contributed by atoms with Crippen LogP contribution in [0.5, 0.6) is 11.5 Å². The third-order valence-corrected chi connectivity index (χ3v) is 5.90. The highest BCUT2D eigenvalue weighted by Crippen LogP contribution is 2.38. The lowest BCUT2D eigenvalue weighted by Gasteiger charge is -2.15. The van der Waals surface area contributed by atoms with Crippen LogP contribution in [0.3, 0.4) is 0 Å². The Hall–Kier alpha value is -5.12. The molecule has 5 rings (SSSR count). The topological polar surface area (TPSA) is 158 Å². The Labute approximate surface area is 208 Å². The van der Waals surface area contributed by atoms with E-state index >= 15 is 0 Å². The predicted molar refractivity (Wildman–Crippen MR) is 138 cm³/mol. The lowest BCUT2D eigenvalue weighted by molar-refractivity contribution is 0.0525. The molecule has 37 heavy (non-hydrogen) atoms. The monoisotopic (exact) mass is 499 g/mol. The number of phenolic OH excluding ortho intramolecular Hbond substituents is 1. The number of aromatic hydroxyl groups is 1. The third-order valence-electron chi connectivity index (χ3n) is 5.90. The number of methoxy groups -OCH3 is 1. The second-order valence-corrected chi connectivity index (χ2v) is 8.11. The lowest BCUT2D eigenvalue weighted by Crippen LogP contribution is -2.23. The number of aromatic nitrogens is 2. The summed E-state index contributed by atoms with van der Waals surface area (Å²) < 4.78 is 15.7. The standard InChI is InChI=1S/C27H21N3O7/c1-3-36-27(34)22-23(28)21-15(13-8-9-18(31)20(11-13)35-2)12-17(29-24(21)30-25(22)32)16-10-14-6-4-5-7-19(14)37-26(16)33/h4-12,31H,3H2,1-2H3,(H3,28,29,30,32). The number of aromatic amines is 1.